The number of sulfonamides is 1. The van der Waals surface area contributed by atoms with Crippen molar-refractivity contribution in [3.8, 4) is 0 Å². The van der Waals surface area contributed by atoms with E-state index < -0.39 is 27.8 Å². The van der Waals surface area contributed by atoms with Crippen LogP contribution in [0, 0.1) is 5.82 Å². The van der Waals surface area contributed by atoms with E-state index in [2.05, 4.69) is 5.32 Å². The van der Waals surface area contributed by atoms with E-state index in [1.54, 1.807) is 12.1 Å². The molecule has 3 rings (SSSR count). The van der Waals surface area contributed by atoms with E-state index in [0.29, 0.717) is 5.69 Å². The molecule has 1 atom stereocenters. The summed E-state index contributed by atoms with van der Waals surface area (Å²) in [6, 6.07) is 17.3. The predicted octanol–water partition coefficient (Wildman–Crippen LogP) is 3.77. The molecule has 0 bridgehead atoms. The van der Waals surface area contributed by atoms with Crippen LogP contribution in [-0.2, 0) is 14.8 Å². The number of para-hydroxylation sites is 1. The lowest BCUT2D eigenvalue weighted by Gasteiger charge is -2.28. The summed E-state index contributed by atoms with van der Waals surface area (Å²) in [6.07, 6.45) is 0.946. The Bertz CT molecular complexity index is 1090. The topological polar surface area (TPSA) is 66.5 Å². The Balaban J connectivity index is 1.96. The van der Waals surface area contributed by atoms with Crippen LogP contribution in [0.3, 0.4) is 0 Å². The highest BCUT2D eigenvalue weighted by Gasteiger charge is 2.31. The smallest absolute Gasteiger partial charge is 0.248 e. The second kappa shape index (κ2) is 7.36. The molecular formula is C20H19FN2O3S. The molecule has 3 aromatic rings. The summed E-state index contributed by atoms with van der Waals surface area (Å²) in [5.74, 6) is -1.27. The van der Waals surface area contributed by atoms with E-state index in [4.69, 9.17) is 0 Å². The molecule has 0 unspecified atom stereocenters. The first-order valence-electron chi connectivity index (χ1n) is 8.31. The number of benzene rings is 3. The fraction of sp³-hybridized carbons (Fsp3) is 0.150. The van der Waals surface area contributed by atoms with Gasteiger partial charge in [0.2, 0.25) is 15.9 Å². The molecule has 0 fully saturated rings. The summed E-state index contributed by atoms with van der Waals surface area (Å²) in [6.45, 7) is 1.42. The molecule has 0 aliphatic rings. The molecule has 0 radical (unpaired) electrons. The van der Waals surface area contributed by atoms with Crippen LogP contribution in [0.5, 0.6) is 0 Å². The molecule has 0 saturated heterocycles. The third-order valence-electron chi connectivity index (χ3n) is 4.23. The summed E-state index contributed by atoms with van der Waals surface area (Å²) < 4.78 is 39.5. The van der Waals surface area contributed by atoms with Crippen LogP contribution in [-0.4, -0.2) is 26.6 Å². The van der Waals surface area contributed by atoms with Crippen LogP contribution >= 0.6 is 0 Å². The molecule has 1 amide bonds. The molecule has 0 heterocycles. The molecule has 0 saturated carbocycles. The maximum absolute atomic E-state index is 14.2. The van der Waals surface area contributed by atoms with Crippen molar-refractivity contribution in [3.63, 3.8) is 0 Å². The van der Waals surface area contributed by atoms with E-state index in [1.165, 1.54) is 25.1 Å². The number of anilines is 2. The van der Waals surface area contributed by atoms with Gasteiger partial charge >= 0.3 is 0 Å². The molecule has 0 spiro atoms. The SMILES string of the molecule is C[C@@H](C(=O)Nc1cccc2ccccc12)N(c1ccccc1F)S(C)(=O)=O. The first-order chi connectivity index (χ1) is 12.8. The fourth-order valence-electron chi connectivity index (χ4n) is 2.98. The number of carbonyl (C=O) groups excluding carboxylic acids is 1. The van der Waals surface area contributed by atoms with Gasteiger partial charge in [0.05, 0.1) is 11.9 Å². The largest absolute Gasteiger partial charge is 0.324 e. The Labute approximate surface area is 157 Å². The van der Waals surface area contributed by atoms with Crippen LogP contribution in [0.15, 0.2) is 66.7 Å². The molecule has 0 aliphatic carbocycles. The lowest BCUT2D eigenvalue weighted by molar-refractivity contribution is -0.116. The highest BCUT2D eigenvalue weighted by molar-refractivity contribution is 7.92. The fourth-order valence-corrected chi connectivity index (χ4v) is 4.16. The zero-order valence-electron chi connectivity index (χ0n) is 14.9. The number of fused-ring (bicyclic) bond motifs is 1. The molecule has 1 N–H and O–H groups in total. The minimum atomic E-state index is -3.89. The van der Waals surface area contributed by atoms with Gasteiger partial charge in [0.15, 0.2) is 0 Å². The second-order valence-electron chi connectivity index (χ2n) is 6.20. The Kier molecular flexibility index (Phi) is 5.14. The molecule has 0 aliphatic heterocycles. The van der Waals surface area contributed by atoms with Gasteiger partial charge in [0, 0.05) is 11.1 Å². The van der Waals surface area contributed by atoms with E-state index >= 15 is 0 Å². The zero-order chi connectivity index (χ0) is 19.6. The first-order valence-corrected chi connectivity index (χ1v) is 10.2. The number of hydrogen-bond acceptors (Lipinski definition) is 3. The zero-order valence-corrected chi connectivity index (χ0v) is 15.7. The molecular weight excluding hydrogens is 367 g/mol. The molecule has 7 heteroatoms. The van der Waals surface area contributed by atoms with Crippen molar-refractivity contribution in [1.29, 1.82) is 0 Å². The summed E-state index contributed by atoms with van der Waals surface area (Å²) in [4.78, 5) is 12.8. The Hall–Kier alpha value is -2.93. The van der Waals surface area contributed by atoms with Gasteiger partial charge in [-0.1, -0.05) is 48.5 Å². The predicted molar refractivity (Wildman–Crippen MR) is 106 cm³/mol. The van der Waals surface area contributed by atoms with Gasteiger partial charge in [-0.15, -0.1) is 0 Å². The van der Waals surface area contributed by atoms with Crippen LogP contribution in [0.2, 0.25) is 0 Å². The third-order valence-corrected chi connectivity index (χ3v) is 5.45. The summed E-state index contributed by atoms with van der Waals surface area (Å²) in [5.41, 5.74) is 0.396. The molecule has 0 aromatic heterocycles. The Morgan fingerprint density at radius 3 is 2.33 bits per heavy atom. The van der Waals surface area contributed by atoms with Gasteiger partial charge in [0.25, 0.3) is 0 Å². The maximum Gasteiger partial charge on any atom is 0.248 e. The summed E-state index contributed by atoms with van der Waals surface area (Å²) in [7, 11) is -3.89. The van der Waals surface area contributed by atoms with E-state index in [9.17, 15) is 17.6 Å². The summed E-state index contributed by atoms with van der Waals surface area (Å²) >= 11 is 0. The standard InChI is InChI=1S/C20H19FN2O3S/c1-14(23(27(2,25)26)19-13-6-5-11-17(19)21)20(24)22-18-12-7-9-15-8-3-4-10-16(15)18/h3-14H,1-2H3,(H,22,24)/t14-/m0/s1. The van der Waals surface area contributed by atoms with Gasteiger partial charge in [-0.05, 0) is 30.5 Å². The van der Waals surface area contributed by atoms with Crippen molar-refractivity contribution in [2.75, 3.05) is 15.9 Å². The van der Waals surface area contributed by atoms with Gasteiger partial charge in [-0.3, -0.25) is 9.10 Å². The first kappa shape index (κ1) is 18.8. The molecule has 27 heavy (non-hydrogen) atoms. The number of carbonyl (C=O) groups is 1. The van der Waals surface area contributed by atoms with Crippen LogP contribution in [0.25, 0.3) is 10.8 Å². The lowest BCUT2D eigenvalue weighted by atomic mass is 10.1. The highest BCUT2D eigenvalue weighted by atomic mass is 32.2. The monoisotopic (exact) mass is 386 g/mol. The second-order valence-corrected chi connectivity index (χ2v) is 8.06. The number of amides is 1. The van der Waals surface area contributed by atoms with Gasteiger partial charge < -0.3 is 5.32 Å². The molecule has 140 valence electrons. The lowest BCUT2D eigenvalue weighted by Crippen LogP contribution is -2.45. The van der Waals surface area contributed by atoms with E-state index in [1.807, 2.05) is 30.3 Å². The minimum Gasteiger partial charge on any atom is -0.324 e. The molecule has 3 aromatic carbocycles. The van der Waals surface area contributed by atoms with E-state index in [0.717, 1.165) is 27.4 Å². The number of rotatable bonds is 5. The number of halogens is 1. The minimum absolute atomic E-state index is 0.166. The van der Waals surface area contributed by atoms with Gasteiger partial charge in [0.1, 0.15) is 11.9 Å². The summed E-state index contributed by atoms with van der Waals surface area (Å²) in [5, 5.41) is 4.53. The quantitative estimate of drug-likeness (QED) is 0.726. The number of hydrogen-bond donors (Lipinski definition) is 1. The van der Waals surface area contributed by atoms with Crippen molar-refractivity contribution in [2.24, 2.45) is 0 Å². The van der Waals surface area contributed by atoms with E-state index in [-0.39, 0.29) is 5.69 Å². The maximum atomic E-state index is 14.2. The van der Waals surface area contributed by atoms with Crippen molar-refractivity contribution in [1.82, 2.24) is 0 Å². The van der Waals surface area contributed by atoms with Crippen LogP contribution in [0.1, 0.15) is 6.92 Å². The van der Waals surface area contributed by atoms with Crippen molar-refractivity contribution >= 4 is 38.1 Å². The van der Waals surface area contributed by atoms with Gasteiger partial charge in [-0.2, -0.15) is 0 Å². The average Bonchev–Trinajstić information content (AvgIpc) is 2.62. The van der Waals surface area contributed by atoms with Crippen LogP contribution in [0.4, 0.5) is 15.8 Å². The van der Waals surface area contributed by atoms with Crippen molar-refractivity contribution in [2.45, 2.75) is 13.0 Å². The van der Waals surface area contributed by atoms with Crippen LogP contribution < -0.4 is 9.62 Å². The highest BCUT2D eigenvalue weighted by Crippen LogP contribution is 2.26. The number of nitrogens with zero attached hydrogens (tertiary/aromatic N) is 1. The Morgan fingerprint density at radius 1 is 1.00 bits per heavy atom. The average molecular weight is 386 g/mol. The van der Waals surface area contributed by atoms with Gasteiger partial charge in [-0.25, -0.2) is 12.8 Å². The third kappa shape index (κ3) is 3.93. The molecule has 5 nitrogen and oxygen atoms in total. The Morgan fingerprint density at radius 2 is 1.63 bits per heavy atom. The van der Waals surface area contributed by atoms with Crippen molar-refractivity contribution in [3.05, 3.63) is 72.5 Å². The van der Waals surface area contributed by atoms with Crippen molar-refractivity contribution < 1.29 is 17.6 Å². The normalized spacial score (nSPS) is 12.6. The number of nitrogens with one attached hydrogen (secondary N) is 1.